The first-order valence-corrected chi connectivity index (χ1v) is 10.3. The van der Waals surface area contributed by atoms with Crippen LogP contribution in [0.1, 0.15) is 23.2 Å². The van der Waals surface area contributed by atoms with Gasteiger partial charge in [0.15, 0.2) is 0 Å². The van der Waals surface area contributed by atoms with Gasteiger partial charge in [-0.3, -0.25) is 9.36 Å². The Bertz CT molecular complexity index is 1180. The largest absolute Gasteiger partial charge is 0.491 e. The summed E-state index contributed by atoms with van der Waals surface area (Å²) in [5.41, 5.74) is 3.06. The first-order valence-electron chi connectivity index (χ1n) is 10.3. The molecule has 7 nitrogen and oxygen atoms in total. The molecule has 3 heterocycles. The topological polar surface area (TPSA) is 78.3 Å². The van der Waals surface area contributed by atoms with Crippen molar-refractivity contribution >= 4 is 22.6 Å². The second-order valence-corrected chi connectivity index (χ2v) is 7.43. The third kappa shape index (κ3) is 4.27. The predicted octanol–water partition coefficient (Wildman–Crippen LogP) is 4.23. The van der Waals surface area contributed by atoms with Crippen molar-refractivity contribution < 1.29 is 14.3 Å². The van der Waals surface area contributed by atoms with E-state index in [1.54, 1.807) is 36.8 Å². The molecule has 2 aromatic heterocycles. The highest BCUT2D eigenvalue weighted by Crippen LogP contribution is 2.19. The van der Waals surface area contributed by atoms with Gasteiger partial charge in [-0.2, -0.15) is 0 Å². The number of rotatable bonds is 6. The standard InChI is InChI=1S/C24H22N4O3/c29-24(17-7-10-19(11-8-17)31-15-20-4-3-13-30-20)27-18-9-12-23(25-14-18)28-16-26-21-5-1-2-6-22(21)28/h1-2,5-12,14,16,20H,3-4,13,15H2,(H,27,29). The molecule has 1 aliphatic rings. The van der Waals surface area contributed by atoms with Gasteiger partial charge in [0.2, 0.25) is 0 Å². The fraction of sp³-hybridized carbons (Fsp3) is 0.208. The van der Waals surface area contributed by atoms with Gasteiger partial charge in [0.1, 0.15) is 24.5 Å². The van der Waals surface area contributed by atoms with Crippen molar-refractivity contribution in [3.8, 4) is 11.6 Å². The number of para-hydroxylation sites is 2. The Kier molecular flexibility index (Phi) is 5.33. The molecule has 1 saturated heterocycles. The van der Waals surface area contributed by atoms with E-state index >= 15 is 0 Å². The summed E-state index contributed by atoms with van der Waals surface area (Å²) in [7, 11) is 0. The number of hydrogen-bond acceptors (Lipinski definition) is 5. The van der Waals surface area contributed by atoms with E-state index in [1.165, 1.54) is 0 Å². The minimum Gasteiger partial charge on any atom is -0.491 e. The Labute approximate surface area is 179 Å². The molecule has 2 aromatic carbocycles. The van der Waals surface area contributed by atoms with Crippen LogP contribution in [-0.2, 0) is 4.74 Å². The van der Waals surface area contributed by atoms with Crippen LogP contribution in [0.5, 0.6) is 5.75 Å². The van der Waals surface area contributed by atoms with Crippen molar-refractivity contribution in [1.82, 2.24) is 14.5 Å². The molecular weight excluding hydrogens is 392 g/mol. The van der Waals surface area contributed by atoms with Gasteiger partial charge in [-0.25, -0.2) is 9.97 Å². The Morgan fingerprint density at radius 3 is 2.74 bits per heavy atom. The summed E-state index contributed by atoms with van der Waals surface area (Å²) in [4.78, 5) is 21.4. The third-order valence-electron chi connectivity index (χ3n) is 5.28. The minimum atomic E-state index is -0.201. The zero-order chi connectivity index (χ0) is 21.0. The molecule has 0 bridgehead atoms. The van der Waals surface area contributed by atoms with Crippen molar-refractivity contribution in [2.75, 3.05) is 18.5 Å². The summed E-state index contributed by atoms with van der Waals surface area (Å²) in [6.45, 7) is 1.34. The molecule has 4 aromatic rings. The van der Waals surface area contributed by atoms with Gasteiger partial charge < -0.3 is 14.8 Å². The molecule has 0 spiro atoms. The number of carbonyl (C=O) groups is 1. The van der Waals surface area contributed by atoms with Crippen molar-refractivity contribution in [3.05, 3.63) is 78.8 Å². The molecule has 5 rings (SSSR count). The van der Waals surface area contributed by atoms with Crippen LogP contribution in [0, 0.1) is 0 Å². The van der Waals surface area contributed by atoms with E-state index < -0.39 is 0 Å². The molecule has 1 N–H and O–H groups in total. The fourth-order valence-corrected chi connectivity index (χ4v) is 3.61. The molecule has 1 amide bonds. The molecule has 1 unspecified atom stereocenters. The second-order valence-electron chi connectivity index (χ2n) is 7.43. The summed E-state index contributed by atoms with van der Waals surface area (Å²) in [5, 5.41) is 2.88. The van der Waals surface area contributed by atoms with Crippen LogP contribution in [0.2, 0.25) is 0 Å². The lowest BCUT2D eigenvalue weighted by atomic mass is 10.2. The van der Waals surface area contributed by atoms with Gasteiger partial charge in [-0.15, -0.1) is 0 Å². The van der Waals surface area contributed by atoms with Gasteiger partial charge in [0.25, 0.3) is 5.91 Å². The maximum absolute atomic E-state index is 12.6. The highest BCUT2D eigenvalue weighted by Gasteiger charge is 2.16. The van der Waals surface area contributed by atoms with Crippen molar-refractivity contribution in [1.29, 1.82) is 0 Å². The number of carbonyl (C=O) groups excluding carboxylic acids is 1. The Morgan fingerprint density at radius 2 is 1.97 bits per heavy atom. The van der Waals surface area contributed by atoms with Crippen LogP contribution >= 0.6 is 0 Å². The number of fused-ring (bicyclic) bond motifs is 1. The van der Waals surface area contributed by atoms with Crippen LogP contribution in [0.25, 0.3) is 16.9 Å². The van der Waals surface area contributed by atoms with Gasteiger partial charge >= 0.3 is 0 Å². The lowest BCUT2D eigenvalue weighted by Crippen LogP contribution is -2.16. The summed E-state index contributed by atoms with van der Waals surface area (Å²) >= 11 is 0. The monoisotopic (exact) mass is 414 g/mol. The molecule has 1 aliphatic heterocycles. The number of benzene rings is 2. The van der Waals surface area contributed by atoms with Crippen LogP contribution in [0.15, 0.2) is 73.2 Å². The zero-order valence-corrected chi connectivity index (χ0v) is 16.9. The predicted molar refractivity (Wildman–Crippen MR) is 118 cm³/mol. The lowest BCUT2D eigenvalue weighted by Gasteiger charge is -2.12. The number of aromatic nitrogens is 3. The molecule has 0 aliphatic carbocycles. The number of nitrogens with one attached hydrogen (secondary N) is 1. The maximum atomic E-state index is 12.6. The molecule has 31 heavy (non-hydrogen) atoms. The quantitative estimate of drug-likeness (QED) is 0.511. The normalized spacial score (nSPS) is 15.8. The fourth-order valence-electron chi connectivity index (χ4n) is 3.61. The van der Waals surface area contributed by atoms with Crippen LogP contribution < -0.4 is 10.1 Å². The van der Waals surface area contributed by atoms with Crippen molar-refractivity contribution in [2.45, 2.75) is 18.9 Å². The summed E-state index contributed by atoms with van der Waals surface area (Å²) < 4.78 is 13.2. The Hall–Kier alpha value is -3.71. The zero-order valence-electron chi connectivity index (χ0n) is 16.9. The Morgan fingerprint density at radius 1 is 1.10 bits per heavy atom. The maximum Gasteiger partial charge on any atom is 0.255 e. The van der Waals surface area contributed by atoms with Crippen molar-refractivity contribution in [2.24, 2.45) is 0 Å². The molecule has 0 radical (unpaired) electrons. The summed E-state index contributed by atoms with van der Waals surface area (Å²) in [6, 6.07) is 18.7. The smallest absolute Gasteiger partial charge is 0.255 e. The number of amides is 1. The Balaban J connectivity index is 1.22. The lowest BCUT2D eigenvalue weighted by molar-refractivity contribution is 0.0679. The van der Waals surface area contributed by atoms with E-state index in [9.17, 15) is 4.79 Å². The summed E-state index contributed by atoms with van der Waals surface area (Å²) in [6.07, 6.45) is 5.67. The highest BCUT2D eigenvalue weighted by molar-refractivity contribution is 6.04. The van der Waals surface area contributed by atoms with E-state index in [2.05, 4.69) is 15.3 Å². The van der Waals surface area contributed by atoms with Gasteiger partial charge in [-0.05, 0) is 61.4 Å². The number of anilines is 1. The van der Waals surface area contributed by atoms with Gasteiger partial charge in [0, 0.05) is 12.2 Å². The van der Waals surface area contributed by atoms with E-state index in [0.717, 1.165) is 42.0 Å². The first kappa shape index (κ1) is 19.3. The highest BCUT2D eigenvalue weighted by atomic mass is 16.5. The molecular formula is C24H22N4O3. The number of nitrogens with zero attached hydrogens (tertiary/aromatic N) is 3. The number of imidazole rings is 1. The summed E-state index contributed by atoms with van der Waals surface area (Å²) in [5.74, 6) is 1.26. The second kappa shape index (κ2) is 8.57. The van der Waals surface area contributed by atoms with E-state index in [0.29, 0.717) is 17.9 Å². The van der Waals surface area contributed by atoms with Crippen molar-refractivity contribution in [3.63, 3.8) is 0 Å². The van der Waals surface area contributed by atoms with Crippen LogP contribution in [0.3, 0.4) is 0 Å². The van der Waals surface area contributed by atoms with Gasteiger partial charge in [0.05, 0.1) is 29.0 Å². The molecule has 0 saturated carbocycles. The SMILES string of the molecule is O=C(Nc1ccc(-n2cnc3ccccc32)nc1)c1ccc(OCC2CCCO2)cc1. The molecule has 1 atom stereocenters. The van der Waals surface area contributed by atoms with E-state index in [4.69, 9.17) is 9.47 Å². The number of pyridine rings is 1. The van der Waals surface area contributed by atoms with Crippen LogP contribution in [-0.4, -0.2) is 39.8 Å². The van der Waals surface area contributed by atoms with Gasteiger partial charge in [-0.1, -0.05) is 12.1 Å². The van der Waals surface area contributed by atoms with Crippen LogP contribution in [0.4, 0.5) is 5.69 Å². The van der Waals surface area contributed by atoms with E-state index in [-0.39, 0.29) is 12.0 Å². The average Bonchev–Trinajstić information content (AvgIpc) is 3.49. The molecule has 156 valence electrons. The number of ether oxygens (including phenoxy) is 2. The third-order valence-corrected chi connectivity index (χ3v) is 5.28. The average molecular weight is 414 g/mol. The molecule has 1 fully saturated rings. The first-order chi connectivity index (χ1) is 15.3. The molecule has 7 heteroatoms. The minimum absolute atomic E-state index is 0.166. The van der Waals surface area contributed by atoms with E-state index in [1.807, 2.05) is 41.0 Å². The number of hydrogen-bond donors (Lipinski definition) is 1.